The number of para-hydroxylation sites is 1. The minimum absolute atomic E-state index is 0.0145. The Hall–Kier alpha value is -2.49. The molecule has 4 nitrogen and oxygen atoms in total. The molecule has 2 aromatic rings. The maximum Gasteiger partial charge on any atom is 0.224 e. The molecule has 0 spiro atoms. The van der Waals surface area contributed by atoms with Crippen LogP contribution >= 0.6 is 0 Å². The standard InChI is InChI=1S/C21H25NO3/c1-24-19-9-5-8-18(21(19)25-2)14-22-20(23)13-15-10-11-16-6-3-4-7-17(16)12-15/h5,8-12H,3-4,6-7,13-14H2,1-2H3,(H,22,23). The number of nitrogens with one attached hydrogen (secondary N) is 1. The third-order valence-corrected chi connectivity index (χ3v) is 4.74. The fraction of sp³-hybridized carbons (Fsp3) is 0.381. The SMILES string of the molecule is COc1cccc(CNC(=O)Cc2ccc3c(c2)CCCC3)c1OC. The molecule has 0 saturated heterocycles. The van der Waals surface area contributed by atoms with E-state index in [2.05, 4.69) is 23.5 Å². The molecule has 1 N–H and O–H groups in total. The molecule has 0 radical (unpaired) electrons. The molecule has 0 aliphatic heterocycles. The van der Waals surface area contributed by atoms with Gasteiger partial charge in [-0.1, -0.05) is 30.3 Å². The van der Waals surface area contributed by atoms with Crippen molar-refractivity contribution in [3.8, 4) is 11.5 Å². The largest absolute Gasteiger partial charge is 0.493 e. The molecule has 1 aliphatic rings. The van der Waals surface area contributed by atoms with Crippen molar-refractivity contribution in [1.82, 2.24) is 5.32 Å². The molecule has 0 bridgehead atoms. The van der Waals surface area contributed by atoms with Gasteiger partial charge in [-0.3, -0.25) is 4.79 Å². The highest BCUT2D eigenvalue weighted by Gasteiger charge is 2.13. The highest BCUT2D eigenvalue weighted by molar-refractivity contribution is 5.78. The summed E-state index contributed by atoms with van der Waals surface area (Å²) in [4.78, 5) is 12.3. The molecule has 1 amide bonds. The summed E-state index contributed by atoms with van der Waals surface area (Å²) in [7, 11) is 3.21. The molecule has 25 heavy (non-hydrogen) atoms. The predicted molar refractivity (Wildman–Crippen MR) is 98.2 cm³/mol. The van der Waals surface area contributed by atoms with Crippen LogP contribution in [0.3, 0.4) is 0 Å². The van der Waals surface area contributed by atoms with E-state index in [-0.39, 0.29) is 5.91 Å². The summed E-state index contributed by atoms with van der Waals surface area (Å²) in [5.74, 6) is 1.35. The zero-order chi connectivity index (χ0) is 17.6. The molecule has 1 aliphatic carbocycles. The van der Waals surface area contributed by atoms with Crippen molar-refractivity contribution in [1.29, 1.82) is 0 Å². The first-order chi connectivity index (χ1) is 12.2. The summed E-state index contributed by atoms with van der Waals surface area (Å²) < 4.78 is 10.7. The second-order valence-electron chi connectivity index (χ2n) is 6.42. The van der Waals surface area contributed by atoms with E-state index >= 15 is 0 Å². The van der Waals surface area contributed by atoms with Crippen LogP contribution in [0, 0.1) is 0 Å². The lowest BCUT2D eigenvalue weighted by molar-refractivity contribution is -0.120. The van der Waals surface area contributed by atoms with E-state index in [0.29, 0.717) is 24.5 Å². The van der Waals surface area contributed by atoms with Crippen LogP contribution in [-0.4, -0.2) is 20.1 Å². The van der Waals surface area contributed by atoms with Crippen molar-refractivity contribution in [3.63, 3.8) is 0 Å². The minimum Gasteiger partial charge on any atom is -0.493 e. The number of carbonyl (C=O) groups is 1. The van der Waals surface area contributed by atoms with Crippen molar-refractivity contribution in [2.45, 2.75) is 38.6 Å². The fourth-order valence-electron chi connectivity index (χ4n) is 3.43. The van der Waals surface area contributed by atoms with Crippen LogP contribution in [0.1, 0.15) is 35.1 Å². The normalized spacial score (nSPS) is 13.0. The Morgan fingerprint density at radius 2 is 1.84 bits per heavy atom. The van der Waals surface area contributed by atoms with Crippen molar-refractivity contribution in [2.24, 2.45) is 0 Å². The van der Waals surface area contributed by atoms with Gasteiger partial charge in [0.25, 0.3) is 0 Å². The first-order valence-electron chi connectivity index (χ1n) is 8.78. The summed E-state index contributed by atoms with van der Waals surface area (Å²) in [6, 6.07) is 12.1. The predicted octanol–water partition coefficient (Wildman–Crippen LogP) is 3.44. The topological polar surface area (TPSA) is 47.6 Å². The molecule has 2 aromatic carbocycles. The number of carbonyl (C=O) groups excluding carboxylic acids is 1. The maximum atomic E-state index is 12.3. The van der Waals surface area contributed by atoms with Crippen LogP contribution in [0.25, 0.3) is 0 Å². The first kappa shape index (κ1) is 17.3. The summed E-state index contributed by atoms with van der Waals surface area (Å²) >= 11 is 0. The third-order valence-electron chi connectivity index (χ3n) is 4.74. The molecule has 0 heterocycles. The Morgan fingerprint density at radius 3 is 2.60 bits per heavy atom. The van der Waals surface area contributed by atoms with Gasteiger partial charge in [0.2, 0.25) is 5.91 Å². The van der Waals surface area contributed by atoms with Crippen LogP contribution in [0.2, 0.25) is 0 Å². The smallest absolute Gasteiger partial charge is 0.224 e. The zero-order valence-corrected chi connectivity index (χ0v) is 14.9. The molecule has 0 unspecified atom stereocenters. The molecule has 3 rings (SSSR count). The van der Waals surface area contributed by atoms with E-state index in [9.17, 15) is 4.79 Å². The molecule has 4 heteroatoms. The summed E-state index contributed by atoms with van der Waals surface area (Å²) in [5, 5.41) is 2.98. The van der Waals surface area contributed by atoms with Crippen molar-refractivity contribution in [2.75, 3.05) is 14.2 Å². The van der Waals surface area contributed by atoms with E-state index in [1.807, 2.05) is 18.2 Å². The highest BCUT2D eigenvalue weighted by atomic mass is 16.5. The van der Waals surface area contributed by atoms with Gasteiger partial charge >= 0.3 is 0 Å². The zero-order valence-electron chi connectivity index (χ0n) is 14.9. The average molecular weight is 339 g/mol. The van der Waals surface area contributed by atoms with Gasteiger partial charge in [0, 0.05) is 12.1 Å². The summed E-state index contributed by atoms with van der Waals surface area (Å²) in [5.41, 5.74) is 4.83. The Kier molecular flexibility index (Phi) is 5.59. The van der Waals surface area contributed by atoms with Gasteiger partial charge in [0.15, 0.2) is 11.5 Å². The van der Waals surface area contributed by atoms with Crippen LogP contribution in [0.5, 0.6) is 11.5 Å². The van der Waals surface area contributed by atoms with E-state index in [4.69, 9.17) is 9.47 Å². The molecule has 0 fully saturated rings. The number of methoxy groups -OCH3 is 2. The third kappa shape index (κ3) is 4.13. The van der Waals surface area contributed by atoms with Gasteiger partial charge in [0.1, 0.15) is 0 Å². The molecular formula is C21H25NO3. The van der Waals surface area contributed by atoms with E-state index < -0.39 is 0 Å². The van der Waals surface area contributed by atoms with Gasteiger partial charge in [-0.05, 0) is 48.4 Å². The number of benzene rings is 2. The second kappa shape index (κ2) is 8.06. The Balaban J connectivity index is 1.62. The summed E-state index contributed by atoms with van der Waals surface area (Å²) in [6.45, 7) is 0.421. The summed E-state index contributed by atoms with van der Waals surface area (Å²) in [6.07, 6.45) is 5.22. The maximum absolute atomic E-state index is 12.3. The van der Waals surface area contributed by atoms with Crippen LogP contribution in [-0.2, 0) is 30.6 Å². The van der Waals surface area contributed by atoms with E-state index in [1.165, 1.54) is 24.0 Å². The number of hydrogen-bond acceptors (Lipinski definition) is 3. The van der Waals surface area contributed by atoms with Gasteiger partial charge in [-0.15, -0.1) is 0 Å². The lowest BCUT2D eigenvalue weighted by atomic mass is 9.90. The number of amides is 1. The van der Waals surface area contributed by atoms with Crippen LogP contribution in [0.4, 0.5) is 0 Å². The van der Waals surface area contributed by atoms with Gasteiger partial charge < -0.3 is 14.8 Å². The first-order valence-corrected chi connectivity index (χ1v) is 8.78. The van der Waals surface area contributed by atoms with Crippen molar-refractivity contribution in [3.05, 3.63) is 58.7 Å². The molecule has 132 valence electrons. The number of rotatable bonds is 6. The monoisotopic (exact) mass is 339 g/mol. The van der Waals surface area contributed by atoms with Crippen LogP contribution < -0.4 is 14.8 Å². The lowest BCUT2D eigenvalue weighted by Crippen LogP contribution is -2.25. The molecule has 0 aromatic heterocycles. The van der Waals surface area contributed by atoms with E-state index in [1.54, 1.807) is 14.2 Å². The second-order valence-corrected chi connectivity index (χ2v) is 6.42. The average Bonchev–Trinajstić information content (AvgIpc) is 2.65. The Morgan fingerprint density at radius 1 is 1.04 bits per heavy atom. The Labute approximate surface area is 149 Å². The molecule has 0 atom stereocenters. The quantitative estimate of drug-likeness (QED) is 0.877. The van der Waals surface area contributed by atoms with Gasteiger partial charge in [-0.2, -0.15) is 0 Å². The van der Waals surface area contributed by atoms with Crippen LogP contribution in [0.15, 0.2) is 36.4 Å². The highest BCUT2D eigenvalue weighted by Crippen LogP contribution is 2.30. The fourth-order valence-corrected chi connectivity index (χ4v) is 3.43. The van der Waals surface area contributed by atoms with Crippen molar-refractivity contribution >= 4 is 5.91 Å². The van der Waals surface area contributed by atoms with E-state index in [0.717, 1.165) is 24.0 Å². The molecule has 0 saturated carbocycles. The molecular weight excluding hydrogens is 314 g/mol. The van der Waals surface area contributed by atoms with Gasteiger partial charge in [0.05, 0.1) is 20.6 Å². The number of hydrogen-bond donors (Lipinski definition) is 1. The number of aryl methyl sites for hydroxylation is 2. The minimum atomic E-state index is 0.0145. The number of fused-ring (bicyclic) bond motifs is 1. The van der Waals surface area contributed by atoms with Gasteiger partial charge in [-0.25, -0.2) is 0 Å². The Bertz CT molecular complexity index is 755. The lowest BCUT2D eigenvalue weighted by Gasteiger charge is -2.16. The van der Waals surface area contributed by atoms with Crippen molar-refractivity contribution < 1.29 is 14.3 Å². The number of ether oxygens (including phenoxy) is 2.